The van der Waals surface area contributed by atoms with Crippen molar-refractivity contribution in [3.63, 3.8) is 0 Å². The summed E-state index contributed by atoms with van der Waals surface area (Å²) in [7, 11) is 3.55. The molecular weight excluding hydrogens is 549 g/mol. The van der Waals surface area contributed by atoms with Crippen molar-refractivity contribution >= 4 is 35.9 Å². The van der Waals surface area contributed by atoms with Crippen LogP contribution in [0, 0.1) is 5.82 Å². The van der Waals surface area contributed by atoms with Crippen molar-refractivity contribution in [2.45, 2.75) is 37.3 Å². The predicted molar refractivity (Wildman–Crippen MR) is 149 cm³/mol. The van der Waals surface area contributed by atoms with Gasteiger partial charge in [0.15, 0.2) is 9.84 Å². The fourth-order valence-corrected chi connectivity index (χ4v) is 6.78. The lowest BCUT2D eigenvalue weighted by Crippen LogP contribution is -2.44. The molecule has 0 N–H and O–H groups in total. The lowest BCUT2D eigenvalue weighted by molar-refractivity contribution is -0.0750. The minimum absolute atomic E-state index is 0.0580. The zero-order chi connectivity index (χ0) is 28.5. The molecule has 0 saturated carbocycles. The van der Waals surface area contributed by atoms with E-state index in [2.05, 4.69) is 9.97 Å². The molecule has 2 unspecified atom stereocenters. The molecule has 2 aromatic heterocycles. The fourth-order valence-electron chi connectivity index (χ4n) is 5.04. The lowest BCUT2D eigenvalue weighted by atomic mass is 9.87. The lowest BCUT2D eigenvalue weighted by Gasteiger charge is -2.37. The molecular formula is C26H33F2N4O5PS. The number of pyridine rings is 1. The number of methoxy groups -OCH3 is 1. The number of hydrogen-bond acceptors (Lipinski definition) is 8. The Kier molecular flexibility index (Phi) is 8.70. The van der Waals surface area contributed by atoms with Crippen molar-refractivity contribution < 1.29 is 26.7 Å². The van der Waals surface area contributed by atoms with Crippen LogP contribution >= 0.6 is 9.24 Å². The third-order valence-corrected chi connectivity index (χ3v) is 9.51. The van der Waals surface area contributed by atoms with Crippen LogP contribution in [0.3, 0.4) is 0 Å². The number of ether oxygens (including phenoxy) is 2. The summed E-state index contributed by atoms with van der Waals surface area (Å²) in [5.74, 6) is -1.99. The van der Waals surface area contributed by atoms with Gasteiger partial charge in [0.25, 0.3) is 5.56 Å². The molecule has 3 aromatic rings. The first-order valence-corrected chi connectivity index (χ1v) is 15.0. The summed E-state index contributed by atoms with van der Waals surface area (Å²) in [6.45, 7) is 2.22. The van der Waals surface area contributed by atoms with E-state index in [4.69, 9.17) is 9.47 Å². The Bertz CT molecular complexity index is 1520. The number of nitrogens with zero attached hydrogens (tertiary/aromatic N) is 4. The maximum absolute atomic E-state index is 15.2. The topological polar surface area (TPSA) is 104 Å². The highest BCUT2D eigenvalue weighted by Crippen LogP contribution is 2.39. The van der Waals surface area contributed by atoms with Gasteiger partial charge in [0.1, 0.15) is 35.1 Å². The van der Waals surface area contributed by atoms with E-state index in [9.17, 15) is 17.6 Å². The highest BCUT2D eigenvalue weighted by atomic mass is 32.2. The van der Waals surface area contributed by atoms with Crippen LogP contribution in [0.5, 0.6) is 0 Å². The summed E-state index contributed by atoms with van der Waals surface area (Å²) < 4.78 is 66.4. The Labute approximate surface area is 228 Å². The second-order valence-corrected chi connectivity index (χ2v) is 12.7. The smallest absolute Gasteiger partial charge is 0.258 e. The van der Waals surface area contributed by atoms with E-state index < -0.39 is 33.2 Å². The fraction of sp³-hybridized carbons (Fsp3) is 0.500. The number of rotatable bonds is 9. The Balaban J connectivity index is 1.85. The maximum atomic E-state index is 15.2. The van der Waals surface area contributed by atoms with Gasteiger partial charge in [-0.25, -0.2) is 27.2 Å². The van der Waals surface area contributed by atoms with Gasteiger partial charge in [-0.3, -0.25) is 9.36 Å². The Morgan fingerprint density at radius 1 is 1.21 bits per heavy atom. The van der Waals surface area contributed by atoms with E-state index in [1.54, 1.807) is 44.1 Å². The predicted octanol–water partition coefficient (Wildman–Crippen LogP) is 3.58. The molecule has 39 heavy (non-hydrogen) atoms. The number of sulfone groups is 1. The first-order valence-electron chi connectivity index (χ1n) is 12.5. The monoisotopic (exact) mass is 582 g/mol. The Morgan fingerprint density at radius 2 is 1.87 bits per heavy atom. The first kappa shape index (κ1) is 29.5. The van der Waals surface area contributed by atoms with Gasteiger partial charge in [-0.15, -0.1) is 0 Å². The van der Waals surface area contributed by atoms with Crippen molar-refractivity contribution in [2.75, 3.05) is 43.8 Å². The molecule has 212 valence electrons. The molecule has 13 heteroatoms. The van der Waals surface area contributed by atoms with Crippen molar-refractivity contribution in [3.8, 4) is 0 Å². The van der Waals surface area contributed by atoms with Crippen molar-refractivity contribution in [1.82, 2.24) is 14.5 Å². The van der Waals surface area contributed by atoms with E-state index >= 15 is 4.39 Å². The minimum atomic E-state index is -3.25. The molecule has 9 nitrogen and oxygen atoms in total. The molecule has 0 aliphatic carbocycles. The Hall–Kier alpha value is -2.53. The number of alkyl halides is 1. The second-order valence-electron chi connectivity index (χ2n) is 9.78. The summed E-state index contributed by atoms with van der Waals surface area (Å²) in [6.07, 6.45) is 1.56. The molecule has 0 radical (unpaired) electrons. The highest BCUT2D eigenvalue weighted by Gasteiger charge is 2.42. The standard InChI is InChI=1S/C26H33F2N4O5PS/c1-16(17-6-5-7-18(21(17)27)22(28)38)31(2)23-19-14-20(25(33)32(3)24(19)30-15-29-23)26(37-11-10-36-4)8-12-39(34,35)13-9-26/h5-7,14-16,22H,8-13,38H2,1-4H3/t16-,22?/m1/s1. The van der Waals surface area contributed by atoms with Crippen molar-refractivity contribution in [3.05, 3.63) is 63.5 Å². The number of hydrogen-bond donors (Lipinski definition) is 0. The van der Waals surface area contributed by atoms with Crippen LogP contribution in [-0.2, 0) is 32.0 Å². The average Bonchev–Trinajstić information content (AvgIpc) is 2.91. The van der Waals surface area contributed by atoms with Gasteiger partial charge in [-0.1, -0.05) is 27.4 Å². The number of aryl methyl sites for hydroxylation is 1. The first-order chi connectivity index (χ1) is 18.4. The summed E-state index contributed by atoms with van der Waals surface area (Å²) in [6, 6.07) is 5.71. The van der Waals surface area contributed by atoms with Gasteiger partial charge >= 0.3 is 0 Å². The van der Waals surface area contributed by atoms with Gasteiger partial charge in [-0.05, 0) is 25.8 Å². The van der Waals surface area contributed by atoms with Crippen LogP contribution in [-0.4, -0.2) is 61.8 Å². The molecule has 1 aromatic carbocycles. The summed E-state index contributed by atoms with van der Waals surface area (Å²) in [5.41, 5.74) is -0.609. The third kappa shape index (κ3) is 5.70. The normalized spacial score (nSPS) is 18.1. The summed E-state index contributed by atoms with van der Waals surface area (Å²) in [5, 5.41) is 0.512. The number of benzene rings is 1. The van der Waals surface area contributed by atoms with Gasteiger partial charge in [0, 0.05) is 32.3 Å². The minimum Gasteiger partial charge on any atom is -0.382 e. The average molecular weight is 583 g/mol. The quantitative estimate of drug-likeness (QED) is 0.279. The summed E-state index contributed by atoms with van der Waals surface area (Å²) >= 11 is 0. The third-order valence-electron chi connectivity index (χ3n) is 7.49. The van der Waals surface area contributed by atoms with Crippen molar-refractivity contribution in [2.24, 2.45) is 7.05 Å². The largest absolute Gasteiger partial charge is 0.382 e. The summed E-state index contributed by atoms with van der Waals surface area (Å²) in [4.78, 5) is 24.1. The highest BCUT2D eigenvalue weighted by molar-refractivity contribution is 7.91. The number of halogens is 2. The van der Waals surface area contributed by atoms with Gasteiger partial charge in [0.2, 0.25) is 0 Å². The van der Waals surface area contributed by atoms with Gasteiger partial charge in [0.05, 0.1) is 41.7 Å². The zero-order valence-electron chi connectivity index (χ0n) is 22.4. The molecule has 0 spiro atoms. The molecule has 3 atom stereocenters. The molecule has 3 heterocycles. The molecule has 1 fully saturated rings. The SMILES string of the molecule is COCCOC1(c2cc3c(N(C)[C@H](C)c4cccc(C(F)P)c4F)ncnc3n(C)c2=O)CCS(=O)(=O)CC1. The van der Waals surface area contributed by atoms with Crippen LogP contribution in [0.2, 0.25) is 0 Å². The second kappa shape index (κ2) is 11.5. The van der Waals surface area contributed by atoms with Gasteiger partial charge < -0.3 is 14.4 Å². The molecule has 0 amide bonds. The molecule has 1 saturated heterocycles. The molecule has 1 aliphatic rings. The zero-order valence-corrected chi connectivity index (χ0v) is 24.3. The van der Waals surface area contributed by atoms with Crippen LogP contribution < -0.4 is 10.5 Å². The molecule has 4 rings (SSSR count). The number of aromatic nitrogens is 3. The van der Waals surface area contributed by atoms with Crippen LogP contribution in [0.4, 0.5) is 14.6 Å². The van der Waals surface area contributed by atoms with Crippen LogP contribution in [0.25, 0.3) is 11.0 Å². The van der Waals surface area contributed by atoms with E-state index in [-0.39, 0.29) is 54.2 Å². The number of fused-ring (bicyclic) bond motifs is 1. The number of anilines is 1. The van der Waals surface area contributed by atoms with E-state index in [1.807, 2.05) is 9.24 Å². The van der Waals surface area contributed by atoms with Crippen LogP contribution in [0.1, 0.15) is 48.4 Å². The van der Waals surface area contributed by atoms with E-state index in [1.165, 1.54) is 24.1 Å². The van der Waals surface area contributed by atoms with Crippen molar-refractivity contribution in [1.29, 1.82) is 0 Å². The van der Waals surface area contributed by atoms with Gasteiger partial charge in [-0.2, -0.15) is 0 Å². The molecule has 0 bridgehead atoms. The molecule has 1 aliphatic heterocycles. The van der Waals surface area contributed by atoms with E-state index in [0.717, 1.165) is 0 Å². The van der Waals surface area contributed by atoms with Crippen LogP contribution in [0.15, 0.2) is 35.4 Å². The maximum Gasteiger partial charge on any atom is 0.258 e. The van der Waals surface area contributed by atoms with E-state index in [0.29, 0.717) is 22.4 Å². The Morgan fingerprint density at radius 3 is 2.51 bits per heavy atom.